The van der Waals surface area contributed by atoms with Crippen LogP contribution in [0.5, 0.6) is 0 Å². The second-order valence-electron chi connectivity index (χ2n) is 7.33. The highest BCUT2D eigenvalue weighted by Crippen LogP contribution is 2.39. The molecule has 31 heavy (non-hydrogen) atoms. The lowest BCUT2D eigenvalue weighted by molar-refractivity contribution is -0.0508. The summed E-state index contributed by atoms with van der Waals surface area (Å²) in [6.45, 7) is -0.400. The average Bonchev–Trinajstić information content (AvgIpc) is 3.33. The van der Waals surface area contributed by atoms with Crippen LogP contribution in [-0.4, -0.2) is 59.8 Å². The minimum absolute atomic E-state index is 0.400. The van der Waals surface area contributed by atoms with Gasteiger partial charge in [-0.25, -0.2) is 9.97 Å². The van der Waals surface area contributed by atoms with E-state index in [9.17, 15) is 15.3 Å². The lowest BCUT2D eigenvalue weighted by Gasteiger charge is -2.17. The molecule has 0 saturated carbocycles. The Morgan fingerprint density at radius 2 is 1.77 bits per heavy atom. The van der Waals surface area contributed by atoms with Gasteiger partial charge in [-0.3, -0.25) is 4.98 Å². The molecule has 1 aliphatic rings. The molecule has 0 aliphatic carbocycles. The highest BCUT2D eigenvalue weighted by molar-refractivity contribution is 6.02. The third-order valence-electron chi connectivity index (χ3n) is 5.43. The first kappa shape index (κ1) is 19.6. The van der Waals surface area contributed by atoms with E-state index in [1.54, 1.807) is 17.0 Å². The molecule has 9 heteroatoms. The number of aromatic nitrogens is 4. The van der Waals surface area contributed by atoms with Crippen LogP contribution in [0.2, 0.25) is 0 Å². The van der Waals surface area contributed by atoms with Crippen LogP contribution in [0, 0.1) is 0 Å². The first-order chi connectivity index (χ1) is 15.2. The first-order valence-electron chi connectivity index (χ1n) is 9.88. The molecule has 1 saturated heterocycles. The van der Waals surface area contributed by atoms with Crippen LogP contribution >= 0.6 is 0 Å². The normalized spacial score (nSPS) is 23.3. The van der Waals surface area contributed by atoms with E-state index in [1.807, 2.05) is 48.7 Å². The standard InChI is InChI=1S/C22H21N5O4/c28-11-16-18(29)19(30)22(31-16)27-10-15(13-4-2-1-3-5-13)17-20(24-12-25-21(17)27)26-14-6-8-23-9-7-14/h1-10,12,16,18-19,22,28-30H,11H2,(H,23,24,25,26)/t16-,18+,19+,22-/m1/s1. The molecule has 4 atom stereocenters. The minimum Gasteiger partial charge on any atom is -0.394 e. The number of nitrogens with zero attached hydrogens (tertiary/aromatic N) is 4. The zero-order chi connectivity index (χ0) is 21.4. The van der Waals surface area contributed by atoms with Crippen LogP contribution in [-0.2, 0) is 4.74 Å². The van der Waals surface area contributed by atoms with Gasteiger partial charge in [0.1, 0.15) is 36.1 Å². The van der Waals surface area contributed by atoms with Crippen molar-refractivity contribution in [3.63, 3.8) is 0 Å². The number of rotatable bonds is 5. The van der Waals surface area contributed by atoms with Crippen molar-refractivity contribution < 1.29 is 20.1 Å². The number of aliphatic hydroxyl groups is 3. The molecule has 4 aromatic rings. The Labute approximate surface area is 177 Å². The van der Waals surface area contributed by atoms with E-state index < -0.39 is 31.1 Å². The monoisotopic (exact) mass is 419 g/mol. The molecule has 5 rings (SSSR count). The van der Waals surface area contributed by atoms with Crippen molar-refractivity contribution in [2.24, 2.45) is 0 Å². The number of hydrogen-bond donors (Lipinski definition) is 4. The summed E-state index contributed by atoms with van der Waals surface area (Å²) in [7, 11) is 0. The molecular formula is C22H21N5O4. The van der Waals surface area contributed by atoms with Gasteiger partial charge in [0.2, 0.25) is 0 Å². The van der Waals surface area contributed by atoms with Gasteiger partial charge in [-0.2, -0.15) is 0 Å². The molecule has 0 amide bonds. The van der Waals surface area contributed by atoms with Crippen molar-refractivity contribution in [3.05, 3.63) is 67.4 Å². The van der Waals surface area contributed by atoms with Crippen LogP contribution in [0.1, 0.15) is 6.23 Å². The summed E-state index contributed by atoms with van der Waals surface area (Å²) in [6.07, 6.45) is 2.41. The summed E-state index contributed by atoms with van der Waals surface area (Å²) in [4.78, 5) is 12.9. The van der Waals surface area contributed by atoms with Gasteiger partial charge in [0.25, 0.3) is 0 Å². The Bertz CT molecular complexity index is 1180. The van der Waals surface area contributed by atoms with Gasteiger partial charge < -0.3 is 29.9 Å². The van der Waals surface area contributed by atoms with Gasteiger partial charge in [0, 0.05) is 29.8 Å². The van der Waals surface area contributed by atoms with Crippen LogP contribution in [0.4, 0.5) is 11.5 Å². The van der Waals surface area contributed by atoms with E-state index in [4.69, 9.17) is 4.74 Å². The van der Waals surface area contributed by atoms with Crippen LogP contribution in [0.15, 0.2) is 67.4 Å². The average molecular weight is 419 g/mol. The van der Waals surface area contributed by atoms with Gasteiger partial charge in [0.05, 0.1) is 12.0 Å². The van der Waals surface area contributed by atoms with Crippen LogP contribution in [0.3, 0.4) is 0 Å². The van der Waals surface area contributed by atoms with E-state index in [2.05, 4.69) is 20.3 Å². The highest BCUT2D eigenvalue weighted by atomic mass is 16.6. The van der Waals surface area contributed by atoms with E-state index in [0.29, 0.717) is 11.5 Å². The number of nitrogens with one attached hydrogen (secondary N) is 1. The molecule has 1 aliphatic heterocycles. The topological polar surface area (TPSA) is 126 Å². The predicted octanol–water partition coefficient (Wildman–Crippen LogP) is 1.85. The fourth-order valence-corrected chi connectivity index (χ4v) is 3.89. The van der Waals surface area contributed by atoms with Crippen molar-refractivity contribution >= 4 is 22.5 Å². The molecule has 158 valence electrons. The van der Waals surface area contributed by atoms with Crippen LogP contribution in [0.25, 0.3) is 22.2 Å². The predicted molar refractivity (Wildman–Crippen MR) is 113 cm³/mol. The van der Waals surface area contributed by atoms with Gasteiger partial charge >= 0.3 is 0 Å². The highest BCUT2D eigenvalue weighted by Gasteiger charge is 2.44. The lowest BCUT2D eigenvalue weighted by Crippen LogP contribution is -2.33. The molecule has 1 fully saturated rings. The number of benzene rings is 1. The van der Waals surface area contributed by atoms with Gasteiger partial charge in [0.15, 0.2) is 6.23 Å². The smallest absolute Gasteiger partial charge is 0.164 e. The Balaban J connectivity index is 1.69. The maximum absolute atomic E-state index is 10.6. The fourth-order valence-electron chi connectivity index (χ4n) is 3.89. The summed E-state index contributed by atoms with van der Waals surface area (Å²) in [5.41, 5.74) is 3.12. The molecule has 1 aromatic carbocycles. The number of anilines is 2. The Hall–Kier alpha value is -3.37. The summed E-state index contributed by atoms with van der Waals surface area (Å²) in [6, 6.07) is 13.4. The molecular weight excluding hydrogens is 398 g/mol. The van der Waals surface area contributed by atoms with E-state index in [-0.39, 0.29) is 0 Å². The van der Waals surface area contributed by atoms with Crippen molar-refractivity contribution in [2.75, 3.05) is 11.9 Å². The quantitative estimate of drug-likeness (QED) is 0.386. The third-order valence-corrected chi connectivity index (χ3v) is 5.43. The summed E-state index contributed by atoms with van der Waals surface area (Å²) >= 11 is 0. The van der Waals surface area contributed by atoms with Crippen molar-refractivity contribution in [1.29, 1.82) is 0 Å². The van der Waals surface area contributed by atoms with Crippen LogP contribution < -0.4 is 5.32 Å². The van der Waals surface area contributed by atoms with Crippen molar-refractivity contribution in [2.45, 2.75) is 24.5 Å². The molecule has 4 N–H and O–H groups in total. The van der Waals surface area contributed by atoms with Crippen molar-refractivity contribution in [1.82, 2.24) is 19.5 Å². The van der Waals surface area contributed by atoms with E-state index >= 15 is 0 Å². The van der Waals surface area contributed by atoms with Gasteiger partial charge in [-0.1, -0.05) is 30.3 Å². The third kappa shape index (κ3) is 3.43. The maximum Gasteiger partial charge on any atom is 0.164 e. The summed E-state index contributed by atoms with van der Waals surface area (Å²) in [5, 5.41) is 34.3. The SMILES string of the molecule is OC[C@H]1O[C@@H](n2cc(-c3ccccc3)c3c(Nc4ccncc4)ncnc32)[C@@H](O)[C@H]1O. The minimum atomic E-state index is -1.22. The lowest BCUT2D eigenvalue weighted by atomic mass is 10.1. The Morgan fingerprint density at radius 3 is 2.48 bits per heavy atom. The first-order valence-corrected chi connectivity index (χ1v) is 9.88. The number of hydrogen-bond acceptors (Lipinski definition) is 8. The molecule has 0 spiro atoms. The van der Waals surface area contributed by atoms with E-state index in [0.717, 1.165) is 22.2 Å². The summed E-state index contributed by atoms with van der Waals surface area (Å²) in [5.74, 6) is 0.584. The molecule has 4 heterocycles. The Kier molecular flexibility index (Phi) is 5.08. The summed E-state index contributed by atoms with van der Waals surface area (Å²) < 4.78 is 7.44. The largest absolute Gasteiger partial charge is 0.394 e. The fraction of sp³-hybridized carbons (Fsp3) is 0.227. The van der Waals surface area contributed by atoms with E-state index in [1.165, 1.54) is 6.33 Å². The molecule has 0 unspecified atom stereocenters. The molecule has 3 aromatic heterocycles. The number of aliphatic hydroxyl groups excluding tert-OH is 3. The zero-order valence-electron chi connectivity index (χ0n) is 16.4. The number of ether oxygens (including phenoxy) is 1. The number of pyridine rings is 1. The molecule has 0 radical (unpaired) electrons. The Morgan fingerprint density at radius 1 is 1.00 bits per heavy atom. The zero-order valence-corrected chi connectivity index (χ0v) is 16.4. The van der Waals surface area contributed by atoms with Gasteiger partial charge in [-0.05, 0) is 17.7 Å². The van der Waals surface area contributed by atoms with Gasteiger partial charge in [-0.15, -0.1) is 0 Å². The molecule has 9 nitrogen and oxygen atoms in total. The van der Waals surface area contributed by atoms with Crippen molar-refractivity contribution in [3.8, 4) is 11.1 Å². The second-order valence-corrected chi connectivity index (χ2v) is 7.33. The second kappa shape index (κ2) is 8.05. The number of fused-ring (bicyclic) bond motifs is 1. The molecule has 0 bridgehead atoms. The maximum atomic E-state index is 10.6.